The maximum Gasteiger partial charge on any atom is 0.306 e. The number of hydrogen-bond acceptors (Lipinski definition) is 2. The van der Waals surface area contributed by atoms with Crippen molar-refractivity contribution < 1.29 is 23.8 Å². The van der Waals surface area contributed by atoms with Crippen LogP contribution in [-0.2, 0) is 11.2 Å². The first-order valence-electron chi connectivity index (χ1n) is 4.32. The molecule has 0 fully saturated rings. The second-order valence-electron chi connectivity index (χ2n) is 3.31. The standard InChI is InChI=1S/C10H10F2O3/c1-5(10(14)15)4-6-2-3-7(11)8(12)9(6)13/h2-3,5,13H,4H2,1H3,(H,14,15). The fourth-order valence-corrected chi connectivity index (χ4v) is 1.16. The van der Waals surface area contributed by atoms with Crippen LogP contribution in [0.15, 0.2) is 12.1 Å². The van der Waals surface area contributed by atoms with Crippen molar-refractivity contribution in [3.8, 4) is 5.75 Å². The van der Waals surface area contributed by atoms with Crippen LogP contribution < -0.4 is 0 Å². The Kier molecular flexibility index (Phi) is 3.24. The quantitative estimate of drug-likeness (QED) is 0.811. The normalized spacial score (nSPS) is 12.5. The third kappa shape index (κ3) is 2.43. The van der Waals surface area contributed by atoms with E-state index in [1.165, 1.54) is 13.0 Å². The second-order valence-corrected chi connectivity index (χ2v) is 3.31. The van der Waals surface area contributed by atoms with Crippen molar-refractivity contribution in [1.29, 1.82) is 0 Å². The highest BCUT2D eigenvalue weighted by atomic mass is 19.2. The lowest BCUT2D eigenvalue weighted by Gasteiger charge is -2.08. The fourth-order valence-electron chi connectivity index (χ4n) is 1.16. The monoisotopic (exact) mass is 216 g/mol. The minimum absolute atomic E-state index is 0.0433. The maximum atomic E-state index is 12.9. The van der Waals surface area contributed by atoms with Gasteiger partial charge in [-0.2, -0.15) is 4.39 Å². The predicted octanol–water partition coefficient (Wildman–Crippen LogP) is 1.93. The van der Waals surface area contributed by atoms with E-state index < -0.39 is 29.3 Å². The summed E-state index contributed by atoms with van der Waals surface area (Å²) in [6.07, 6.45) is -0.0433. The number of aliphatic carboxylic acids is 1. The van der Waals surface area contributed by atoms with Crippen LogP contribution in [0.3, 0.4) is 0 Å². The first-order chi connectivity index (χ1) is 6.93. The van der Waals surface area contributed by atoms with Crippen molar-refractivity contribution in [3.05, 3.63) is 29.3 Å². The van der Waals surface area contributed by atoms with Gasteiger partial charge in [0.05, 0.1) is 5.92 Å². The van der Waals surface area contributed by atoms with Gasteiger partial charge < -0.3 is 10.2 Å². The van der Waals surface area contributed by atoms with Crippen LogP contribution in [0.4, 0.5) is 8.78 Å². The van der Waals surface area contributed by atoms with E-state index >= 15 is 0 Å². The van der Waals surface area contributed by atoms with E-state index in [1.807, 2.05) is 0 Å². The molecule has 1 aromatic rings. The summed E-state index contributed by atoms with van der Waals surface area (Å²) in [4.78, 5) is 10.5. The average molecular weight is 216 g/mol. The van der Waals surface area contributed by atoms with Crippen LogP contribution in [0.5, 0.6) is 5.75 Å². The van der Waals surface area contributed by atoms with Crippen molar-refractivity contribution >= 4 is 5.97 Å². The molecule has 5 heteroatoms. The van der Waals surface area contributed by atoms with Gasteiger partial charge >= 0.3 is 5.97 Å². The number of carboxylic acid groups (broad SMARTS) is 1. The Hall–Kier alpha value is -1.65. The summed E-state index contributed by atoms with van der Waals surface area (Å²) in [5.74, 6) is -5.13. The first kappa shape index (κ1) is 11.4. The van der Waals surface area contributed by atoms with Crippen LogP contribution in [0.1, 0.15) is 12.5 Å². The number of halogens is 2. The molecule has 15 heavy (non-hydrogen) atoms. The summed E-state index contributed by atoms with van der Waals surface area (Å²) in [5, 5.41) is 17.8. The van der Waals surface area contributed by atoms with Crippen LogP contribution in [0.25, 0.3) is 0 Å². The fraction of sp³-hybridized carbons (Fsp3) is 0.300. The molecule has 0 spiro atoms. The Morgan fingerprint density at radius 2 is 2.07 bits per heavy atom. The molecule has 2 N–H and O–H groups in total. The zero-order chi connectivity index (χ0) is 11.6. The Bertz CT molecular complexity index is 390. The van der Waals surface area contributed by atoms with Gasteiger partial charge in [-0.1, -0.05) is 13.0 Å². The highest BCUT2D eigenvalue weighted by molar-refractivity contribution is 5.70. The Balaban J connectivity index is 2.97. The number of rotatable bonds is 3. The Labute approximate surface area is 85.0 Å². The number of benzene rings is 1. The molecule has 0 bridgehead atoms. The number of carbonyl (C=O) groups is 1. The largest absolute Gasteiger partial charge is 0.505 e. The SMILES string of the molecule is CC(Cc1ccc(F)c(F)c1O)C(=O)O. The molecule has 0 aliphatic heterocycles. The molecule has 1 atom stereocenters. The zero-order valence-electron chi connectivity index (χ0n) is 8.00. The van der Waals surface area contributed by atoms with E-state index in [0.29, 0.717) is 0 Å². The van der Waals surface area contributed by atoms with Gasteiger partial charge in [0.2, 0.25) is 5.82 Å². The minimum Gasteiger partial charge on any atom is -0.505 e. The smallest absolute Gasteiger partial charge is 0.306 e. The van der Waals surface area contributed by atoms with E-state index in [9.17, 15) is 18.7 Å². The van der Waals surface area contributed by atoms with Gasteiger partial charge in [0, 0.05) is 0 Å². The third-order valence-corrected chi connectivity index (χ3v) is 2.10. The number of carboxylic acids is 1. The van der Waals surface area contributed by atoms with Gasteiger partial charge in [0.1, 0.15) is 0 Å². The molecule has 82 valence electrons. The van der Waals surface area contributed by atoms with E-state index in [4.69, 9.17) is 5.11 Å². The molecule has 0 aliphatic carbocycles. The van der Waals surface area contributed by atoms with Crippen molar-refractivity contribution in [2.24, 2.45) is 5.92 Å². The van der Waals surface area contributed by atoms with Crippen LogP contribution in [0, 0.1) is 17.6 Å². The minimum atomic E-state index is -1.34. The molecular weight excluding hydrogens is 206 g/mol. The molecule has 0 radical (unpaired) electrons. The lowest BCUT2D eigenvalue weighted by molar-refractivity contribution is -0.141. The topological polar surface area (TPSA) is 57.5 Å². The van der Waals surface area contributed by atoms with Gasteiger partial charge in [0.15, 0.2) is 11.6 Å². The van der Waals surface area contributed by atoms with Gasteiger partial charge in [0.25, 0.3) is 0 Å². The van der Waals surface area contributed by atoms with E-state index in [-0.39, 0.29) is 12.0 Å². The number of phenolic OH excluding ortho intramolecular Hbond substituents is 1. The van der Waals surface area contributed by atoms with Gasteiger partial charge in [-0.25, -0.2) is 4.39 Å². The second kappa shape index (κ2) is 4.25. The maximum absolute atomic E-state index is 12.9. The van der Waals surface area contributed by atoms with Crippen LogP contribution in [0.2, 0.25) is 0 Å². The highest BCUT2D eigenvalue weighted by Crippen LogP contribution is 2.25. The summed E-state index contributed by atoms with van der Waals surface area (Å²) in [6.45, 7) is 1.42. The molecule has 0 saturated heterocycles. The van der Waals surface area contributed by atoms with E-state index in [1.54, 1.807) is 0 Å². The van der Waals surface area contributed by atoms with Crippen LogP contribution in [-0.4, -0.2) is 16.2 Å². The molecule has 0 amide bonds. The molecule has 0 heterocycles. The van der Waals surface area contributed by atoms with E-state index in [2.05, 4.69) is 0 Å². The summed E-state index contributed by atoms with van der Waals surface area (Å²) >= 11 is 0. The Morgan fingerprint density at radius 3 is 2.60 bits per heavy atom. The molecule has 0 aliphatic rings. The molecule has 0 aromatic heterocycles. The van der Waals surface area contributed by atoms with Crippen LogP contribution >= 0.6 is 0 Å². The summed E-state index contributed by atoms with van der Waals surface area (Å²) in [6, 6.07) is 2.03. The molecule has 1 unspecified atom stereocenters. The predicted molar refractivity (Wildman–Crippen MR) is 48.5 cm³/mol. The Morgan fingerprint density at radius 1 is 1.47 bits per heavy atom. The average Bonchev–Trinajstić information content (AvgIpc) is 2.18. The summed E-state index contributed by atoms with van der Waals surface area (Å²) < 4.78 is 25.5. The van der Waals surface area contributed by atoms with Gasteiger partial charge in [-0.3, -0.25) is 4.79 Å². The molecule has 3 nitrogen and oxygen atoms in total. The van der Waals surface area contributed by atoms with Crippen molar-refractivity contribution in [2.75, 3.05) is 0 Å². The lowest BCUT2D eigenvalue weighted by atomic mass is 10.0. The zero-order valence-corrected chi connectivity index (χ0v) is 8.00. The number of hydrogen-bond donors (Lipinski definition) is 2. The highest BCUT2D eigenvalue weighted by Gasteiger charge is 2.17. The van der Waals surface area contributed by atoms with Crippen molar-refractivity contribution in [2.45, 2.75) is 13.3 Å². The van der Waals surface area contributed by atoms with E-state index in [0.717, 1.165) is 6.07 Å². The number of phenols is 1. The van der Waals surface area contributed by atoms with Crippen molar-refractivity contribution in [1.82, 2.24) is 0 Å². The van der Waals surface area contributed by atoms with Gasteiger partial charge in [-0.15, -0.1) is 0 Å². The third-order valence-electron chi connectivity index (χ3n) is 2.10. The molecular formula is C10H10F2O3. The van der Waals surface area contributed by atoms with Gasteiger partial charge in [-0.05, 0) is 18.1 Å². The molecule has 0 saturated carbocycles. The number of aromatic hydroxyl groups is 1. The molecule has 1 aromatic carbocycles. The summed E-state index contributed by atoms with van der Waals surface area (Å²) in [5.41, 5.74) is 0.0869. The lowest BCUT2D eigenvalue weighted by Crippen LogP contribution is -2.12. The first-order valence-corrected chi connectivity index (χ1v) is 4.32. The summed E-state index contributed by atoms with van der Waals surface area (Å²) in [7, 11) is 0. The molecule has 1 rings (SSSR count). The van der Waals surface area contributed by atoms with Crippen molar-refractivity contribution in [3.63, 3.8) is 0 Å².